The van der Waals surface area contributed by atoms with Gasteiger partial charge >= 0.3 is 0 Å². The summed E-state index contributed by atoms with van der Waals surface area (Å²) in [5.41, 5.74) is 0. The smallest absolute Gasteiger partial charge is 0.132 e. The second-order valence-electron chi connectivity index (χ2n) is 4.61. The Morgan fingerprint density at radius 1 is 1.44 bits per heavy atom. The summed E-state index contributed by atoms with van der Waals surface area (Å²) in [4.78, 5) is 8.92. The second kappa shape index (κ2) is 7.34. The predicted molar refractivity (Wildman–Crippen MR) is 82.3 cm³/mol. The number of halogens is 1. The SMILES string of the molecule is CCCc1nc(Br)cc(NCC2CCCCS2)n1. The summed E-state index contributed by atoms with van der Waals surface area (Å²) in [7, 11) is 0. The average Bonchev–Trinajstić information content (AvgIpc) is 2.37. The van der Waals surface area contributed by atoms with Crippen LogP contribution < -0.4 is 5.32 Å². The molecule has 1 unspecified atom stereocenters. The molecule has 5 heteroatoms. The number of aromatic nitrogens is 2. The second-order valence-corrected chi connectivity index (χ2v) is 6.83. The van der Waals surface area contributed by atoms with Crippen molar-refractivity contribution in [3.63, 3.8) is 0 Å². The van der Waals surface area contributed by atoms with Crippen LogP contribution in [0.25, 0.3) is 0 Å². The Morgan fingerprint density at radius 3 is 3.06 bits per heavy atom. The molecule has 0 amide bonds. The Hall–Kier alpha value is -0.290. The van der Waals surface area contributed by atoms with Crippen LogP contribution in [0.1, 0.15) is 38.4 Å². The minimum Gasteiger partial charge on any atom is -0.369 e. The first-order valence-corrected chi connectivity index (χ1v) is 8.51. The molecule has 0 spiro atoms. The standard InChI is InChI=1S/C13H20BrN3S/c1-2-5-12-16-11(14)8-13(17-12)15-9-10-6-3-4-7-18-10/h8,10H,2-7,9H2,1H3,(H,15,16,17). The molecule has 0 bridgehead atoms. The molecule has 1 aromatic rings. The van der Waals surface area contributed by atoms with Crippen molar-refractivity contribution in [3.05, 3.63) is 16.5 Å². The molecule has 1 atom stereocenters. The van der Waals surface area contributed by atoms with Gasteiger partial charge in [0.25, 0.3) is 0 Å². The van der Waals surface area contributed by atoms with Gasteiger partial charge in [0, 0.05) is 24.3 Å². The zero-order valence-corrected chi connectivity index (χ0v) is 13.2. The fraction of sp³-hybridized carbons (Fsp3) is 0.692. The Kier molecular flexibility index (Phi) is 5.76. The topological polar surface area (TPSA) is 37.8 Å². The van der Waals surface area contributed by atoms with Gasteiger partial charge in [-0.1, -0.05) is 13.3 Å². The van der Waals surface area contributed by atoms with Crippen molar-refractivity contribution in [1.29, 1.82) is 0 Å². The van der Waals surface area contributed by atoms with Gasteiger partial charge in [0.05, 0.1) is 0 Å². The Morgan fingerprint density at radius 2 is 2.33 bits per heavy atom. The minimum atomic E-state index is 0.738. The third-order valence-corrected chi connectivity index (χ3v) is 4.80. The highest BCUT2D eigenvalue weighted by Crippen LogP contribution is 2.25. The lowest BCUT2D eigenvalue weighted by Gasteiger charge is -2.21. The highest BCUT2D eigenvalue weighted by Gasteiger charge is 2.13. The number of thioether (sulfide) groups is 1. The fourth-order valence-corrected chi connectivity index (χ4v) is 3.74. The third kappa shape index (κ3) is 4.43. The van der Waals surface area contributed by atoms with E-state index in [1.54, 1.807) is 0 Å². The molecule has 18 heavy (non-hydrogen) atoms. The van der Waals surface area contributed by atoms with Crippen LogP contribution in [0, 0.1) is 0 Å². The normalized spacial score (nSPS) is 19.8. The first-order valence-electron chi connectivity index (χ1n) is 6.67. The summed E-state index contributed by atoms with van der Waals surface area (Å²) in [6, 6.07) is 1.96. The largest absolute Gasteiger partial charge is 0.369 e. The Balaban J connectivity index is 1.91. The number of rotatable bonds is 5. The molecule has 1 aliphatic heterocycles. The lowest BCUT2D eigenvalue weighted by atomic mass is 10.2. The summed E-state index contributed by atoms with van der Waals surface area (Å²) in [6.45, 7) is 3.16. The maximum Gasteiger partial charge on any atom is 0.132 e. The number of aryl methyl sites for hydroxylation is 1. The van der Waals surface area contributed by atoms with Crippen LogP contribution in [-0.2, 0) is 6.42 Å². The van der Waals surface area contributed by atoms with Crippen molar-refractivity contribution in [3.8, 4) is 0 Å². The molecule has 1 fully saturated rings. The molecule has 1 N–H and O–H groups in total. The first-order chi connectivity index (χ1) is 8.78. The van der Waals surface area contributed by atoms with Crippen molar-refractivity contribution in [2.75, 3.05) is 17.6 Å². The zero-order chi connectivity index (χ0) is 12.8. The fourth-order valence-electron chi connectivity index (χ4n) is 2.08. The number of hydrogen-bond donors (Lipinski definition) is 1. The molecule has 1 aliphatic rings. The van der Waals surface area contributed by atoms with Gasteiger partial charge in [-0.15, -0.1) is 0 Å². The van der Waals surface area contributed by atoms with Crippen LogP contribution in [0.4, 0.5) is 5.82 Å². The van der Waals surface area contributed by atoms with E-state index < -0.39 is 0 Å². The van der Waals surface area contributed by atoms with Gasteiger partial charge < -0.3 is 5.32 Å². The van der Waals surface area contributed by atoms with Gasteiger partial charge in [-0.3, -0.25) is 0 Å². The third-order valence-electron chi connectivity index (χ3n) is 3.00. The van der Waals surface area contributed by atoms with Crippen LogP contribution in [-0.4, -0.2) is 27.5 Å². The summed E-state index contributed by atoms with van der Waals surface area (Å²) in [5, 5.41) is 4.19. The molecular formula is C13H20BrN3S. The van der Waals surface area contributed by atoms with E-state index in [0.717, 1.165) is 40.9 Å². The van der Waals surface area contributed by atoms with Gasteiger partial charge in [0.15, 0.2) is 0 Å². The van der Waals surface area contributed by atoms with E-state index in [1.807, 2.05) is 6.07 Å². The average molecular weight is 330 g/mol. The maximum absolute atomic E-state index is 4.55. The van der Waals surface area contributed by atoms with Crippen LogP contribution in [0.5, 0.6) is 0 Å². The Labute approximate surface area is 122 Å². The van der Waals surface area contributed by atoms with Crippen molar-refractivity contribution >= 4 is 33.5 Å². The van der Waals surface area contributed by atoms with Crippen LogP contribution in [0.2, 0.25) is 0 Å². The van der Waals surface area contributed by atoms with Crippen LogP contribution >= 0.6 is 27.7 Å². The molecule has 0 saturated carbocycles. The monoisotopic (exact) mass is 329 g/mol. The van der Waals surface area contributed by atoms with Gasteiger partial charge in [0.1, 0.15) is 16.2 Å². The van der Waals surface area contributed by atoms with Gasteiger partial charge in [-0.2, -0.15) is 11.8 Å². The molecule has 1 saturated heterocycles. The van der Waals surface area contributed by atoms with Crippen molar-refractivity contribution < 1.29 is 0 Å². The number of nitrogens with zero attached hydrogens (tertiary/aromatic N) is 2. The van der Waals surface area contributed by atoms with Gasteiger partial charge in [0.2, 0.25) is 0 Å². The predicted octanol–water partition coefficient (Wildman–Crippen LogP) is 3.89. The summed E-state index contributed by atoms with van der Waals surface area (Å²) in [6.07, 6.45) is 6.08. The summed E-state index contributed by atoms with van der Waals surface area (Å²) in [5.74, 6) is 3.18. The lowest BCUT2D eigenvalue weighted by molar-refractivity contribution is 0.676. The molecule has 0 aromatic carbocycles. The summed E-state index contributed by atoms with van der Waals surface area (Å²) >= 11 is 5.54. The first kappa shape index (κ1) is 14.1. The van der Waals surface area contributed by atoms with Crippen molar-refractivity contribution in [2.24, 2.45) is 0 Å². The molecule has 1 aromatic heterocycles. The molecular weight excluding hydrogens is 310 g/mol. The molecule has 2 rings (SSSR count). The van der Waals surface area contributed by atoms with E-state index in [4.69, 9.17) is 0 Å². The molecule has 3 nitrogen and oxygen atoms in total. The summed E-state index contributed by atoms with van der Waals surface area (Å²) < 4.78 is 0.875. The molecule has 2 heterocycles. The van der Waals surface area contributed by atoms with Crippen molar-refractivity contribution in [2.45, 2.75) is 44.3 Å². The van der Waals surface area contributed by atoms with Crippen LogP contribution in [0.15, 0.2) is 10.7 Å². The Bertz CT molecular complexity index is 380. The maximum atomic E-state index is 4.55. The van der Waals surface area contributed by atoms with E-state index in [-0.39, 0.29) is 0 Å². The van der Waals surface area contributed by atoms with E-state index in [1.165, 1.54) is 25.0 Å². The van der Waals surface area contributed by atoms with E-state index >= 15 is 0 Å². The molecule has 100 valence electrons. The number of nitrogens with one attached hydrogen (secondary N) is 1. The zero-order valence-electron chi connectivity index (χ0n) is 10.8. The molecule has 0 aliphatic carbocycles. The van der Waals surface area contributed by atoms with Gasteiger partial charge in [-0.05, 0) is 40.9 Å². The number of anilines is 1. The van der Waals surface area contributed by atoms with E-state index in [2.05, 4.69) is 49.9 Å². The van der Waals surface area contributed by atoms with E-state index in [0.29, 0.717) is 0 Å². The van der Waals surface area contributed by atoms with Gasteiger partial charge in [-0.25, -0.2) is 9.97 Å². The quantitative estimate of drug-likeness (QED) is 0.831. The van der Waals surface area contributed by atoms with E-state index in [9.17, 15) is 0 Å². The highest BCUT2D eigenvalue weighted by molar-refractivity contribution is 9.10. The molecule has 0 radical (unpaired) electrons. The number of hydrogen-bond acceptors (Lipinski definition) is 4. The van der Waals surface area contributed by atoms with Crippen molar-refractivity contribution in [1.82, 2.24) is 9.97 Å². The van der Waals surface area contributed by atoms with Crippen LogP contribution in [0.3, 0.4) is 0 Å². The lowest BCUT2D eigenvalue weighted by Crippen LogP contribution is -2.20. The highest BCUT2D eigenvalue weighted by atomic mass is 79.9. The minimum absolute atomic E-state index is 0.738.